The summed E-state index contributed by atoms with van der Waals surface area (Å²) in [6, 6.07) is 0. The van der Waals surface area contributed by atoms with Gasteiger partial charge in [-0.05, 0) is 39.3 Å². The summed E-state index contributed by atoms with van der Waals surface area (Å²) in [5.41, 5.74) is 0.554. The van der Waals surface area contributed by atoms with E-state index in [1.165, 1.54) is 6.92 Å². The minimum absolute atomic E-state index is 0.113. The molecule has 0 aliphatic carbocycles. The number of carbonyl (C=O) groups excluding carboxylic acids is 2. The van der Waals surface area contributed by atoms with Crippen molar-refractivity contribution in [2.45, 2.75) is 78.4 Å². The summed E-state index contributed by atoms with van der Waals surface area (Å²) in [5.74, 6) is -1.77. The monoisotopic (exact) mass is 430 g/mol. The van der Waals surface area contributed by atoms with Crippen molar-refractivity contribution in [3.8, 4) is 17.2 Å². The zero-order valence-corrected chi connectivity index (χ0v) is 18.9. The molecule has 3 rings (SSSR count). The molecule has 168 valence electrons. The van der Waals surface area contributed by atoms with E-state index in [4.69, 9.17) is 14.2 Å². The maximum Gasteiger partial charge on any atom is 0.308 e. The molecule has 1 aromatic rings. The number of carboxylic acids is 1. The van der Waals surface area contributed by atoms with Crippen LogP contribution in [-0.4, -0.2) is 34.5 Å². The van der Waals surface area contributed by atoms with Crippen LogP contribution < -0.4 is 14.2 Å². The van der Waals surface area contributed by atoms with Crippen molar-refractivity contribution in [3.05, 3.63) is 22.8 Å². The SMILES string of the molecule is CCCC(CC(=O)O)c1c2c(c(OC(C)=O)c3c1O[C@H](C)[C@H](C)C3=O)C=CC(C)(C)O2. The second-order valence-corrected chi connectivity index (χ2v) is 8.88. The summed E-state index contributed by atoms with van der Waals surface area (Å²) >= 11 is 0. The van der Waals surface area contributed by atoms with Gasteiger partial charge in [0.1, 0.15) is 28.8 Å². The molecule has 31 heavy (non-hydrogen) atoms. The lowest BCUT2D eigenvalue weighted by atomic mass is 9.81. The number of carbonyl (C=O) groups is 3. The van der Waals surface area contributed by atoms with Gasteiger partial charge >= 0.3 is 11.9 Å². The molecule has 0 fully saturated rings. The number of Topliss-reactive ketones (excluding diaryl/α,β-unsaturated/α-hetero) is 1. The standard InChI is InChI=1S/C24H30O7/c1-7-8-15(11-17(26)27)18-22-16(9-10-24(5,6)31-22)21(30-14(4)25)19-20(28)12(2)13(3)29-23(18)19/h9-10,12-13,15H,7-8,11H2,1-6H3,(H,26,27)/t12-,13+,15?/m0/s1. The van der Waals surface area contributed by atoms with Crippen molar-refractivity contribution in [1.82, 2.24) is 0 Å². The van der Waals surface area contributed by atoms with Gasteiger partial charge in [-0.3, -0.25) is 14.4 Å². The van der Waals surface area contributed by atoms with Crippen LogP contribution in [0.2, 0.25) is 0 Å². The molecule has 0 aromatic heterocycles. The molecule has 1 unspecified atom stereocenters. The first-order chi connectivity index (χ1) is 14.5. The predicted octanol–water partition coefficient (Wildman–Crippen LogP) is 4.75. The smallest absolute Gasteiger partial charge is 0.308 e. The highest BCUT2D eigenvalue weighted by atomic mass is 16.5. The summed E-state index contributed by atoms with van der Waals surface area (Å²) in [6.07, 6.45) is 4.38. The third kappa shape index (κ3) is 4.31. The van der Waals surface area contributed by atoms with E-state index in [2.05, 4.69) is 0 Å². The van der Waals surface area contributed by atoms with Crippen LogP contribution in [0.1, 0.15) is 88.2 Å². The number of ether oxygens (including phenoxy) is 3. The van der Waals surface area contributed by atoms with Crippen LogP contribution in [0.15, 0.2) is 6.08 Å². The van der Waals surface area contributed by atoms with E-state index >= 15 is 0 Å². The second-order valence-electron chi connectivity index (χ2n) is 8.88. The highest BCUT2D eigenvalue weighted by Gasteiger charge is 2.42. The fourth-order valence-electron chi connectivity index (χ4n) is 4.17. The van der Waals surface area contributed by atoms with Gasteiger partial charge in [-0.2, -0.15) is 0 Å². The highest BCUT2D eigenvalue weighted by molar-refractivity contribution is 6.07. The average Bonchev–Trinajstić information content (AvgIpc) is 2.64. The molecule has 7 heteroatoms. The Kier molecular flexibility index (Phi) is 6.16. The van der Waals surface area contributed by atoms with Crippen LogP contribution in [0.25, 0.3) is 6.08 Å². The van der Waals surface area contributed by atoms with Crippen molar-refractivity contribution < 1.29 is 33.7 Å². The lowest BCUT2D eigenvalue weighted by molar-refractivity contribution is -0.137. The van der Waals surface area contributed by atoms with E-state index in [0.29, 0.717) is 23.3 Å². The highest BCUT2D eigenvalue weighted by Crippen LogP contribution is 2.54. The molecular formula is C24H30O7. The van der Waals surface area contributed by atoms with Crippen molar-refractivity contribution in [1.29, 1.82) is 0 Å². The van der Waals surface area contributed by atoms with Gasteiger partial charge in [-0.15, -0.1) is 0 Å². The molecule has 2 aliphatic heterocycles. The van der Waals surface area contributed by atoms with E-state index in [-0.39, 0.29) is 29.3 Å². The van der Waals surface area contributed by atoms with E-state index in [1.54, 1.807) is 19.9 Å². The quantitative estimate of drug-likeness (QED) is 0.513. The number of hydrogen-bond donors (Lipinski definition) is 1. The summed E-state index contributed by atoms with van der Waals surface area (Å²) in [7, 11) is 0. The fraction of sp³-hybridized carbons (Fsp3) is 0.542. The minimum Gasteiger partial charge on any atom is -0.489 e. The van der Waals surface area contributed by atoms with E-state index < -0.39 is 35.5 Å². The normalized spacial score (nSPS) is 21.9. The number of ketones is 1. The number of carboxylic acid groups (broad SMARTS) is 1. The first-order valence-electron chi connectivity index (χ1n) is 10.7. The van der Waals surface area contributed by atoms with E-state index in [0.717, 1.165) is 6.42 Å². The third-order valence-corrected chi connectivity index (χ3v) is 5.83. The van der Waals surface area contributed by atoms with Gasteiger partial charge in [-0.1, -0.05) is 20.3 Å². The Morgan fingerprint density at radius 3 is 2.52 bits per heavy atom. The summed E-state index contributed by atoms with van der Waals surface area (Å²) in [4.78, 5) is 36.9. The Morgan fingerprint density at radius 1 is 1.26 bits per heavy atom. The lowest BCUT2D eigenvalue weighted by Gasteiger charge is -2.37. The van der Waals surface area contributed by atoms with Crippen LogP contribution in [-0.2, 0) is 9.59 Å². The van der Waals surface area contributed by atoms with Crippen LogP contribution in [0, 0.1) is 5.92 Å². The predicted molar refractivity (Wildman–Crippen MR) is 115 cm³/mol. The van der Waals surface area contributed by atoms with Gasteiger partial charge < -0.3 is 19.3 Å². The number of fused-ring (bicyclic) bond motifs is 2. The van der Waals surface area contributed by atoms with Crippen molar-refractivity contribution in [3.63, 3.8) is 0 Å². The van der Waals surface area contributed by atoms with Gasteiger partial charge in [0, 0.05) is 18.4 Å². The van der Waals surface area contributed by atoms with Crippen molar-refractivity contribution in [2.75, 3.05) is 0 Å². The van der Waals surface area contributed by atoms with Gasteiger partial charge in [0.25, 0.3) is 0 Å². The first kappa shape index (κ1) is 22.8. The Morgan fingerprint density at radius 2 is 1.94 bits per heavy atom. The van der Waals surface area contributed by atoms with E-state index in [1.807, 2.05) is 26.8 Å². The molecule has 0 spiro atoms. The molecule has 0 saturated carbocycles. The van der Waals surface area contributed by atoms with Gasteiger partial charge in [0.15, 0.2) is 11.5 Å². The number of esters is 1. The average molecular weight is 430 g/mol. The van der Waals surface area contributed by atoms with Gasteiger partial charge in [-0.25, -0.2) is 0 Å². The third-order valence-electron chi connectivity index (χ3n) is 5.83. The first-order valence-corrected chi connectivity index (χ1v) is 10.7. The summed E-state index contributed by atoms with van der Waals surface area (Å²) < 4.78 is 18.0. The molecule has 0 saturated heterocycles. The molecule has 1 N–H and O–H groups in total. The molecular weight excluding hydrogens is 400 g/mol. The minimum atomic E-state index is -0.945. The lowest BCUT2D eigenvalue weighted by Crippen LogP contribution is -2.36. The van der Waals surface area contributed by atoms with Crippen LogP contribution in [0.4, 0.5) is 0 Å². The van der Waals surface area contributed by atoms with Crippen LogP contribution in [0.5, 0.6) is 17.2 Å². The van der Waals surface area contributed by atoms with E-state index in [9.17, 15) is 19.5 Å². The Bertz CT molecular complexity index is 957. The largest absolute Gasteiger partial charge is 0.489 e. The fourth-order valence-corrected chi connectivity index (χ4v) is 4.17. The zero-order chi connectivity index (χ0) is 23.1. The molecule has 2 heterocycles. The molecule has 0 radical (unpaired) electrons. The number of rotatable bonds is 6. The zero-order valence-electron chi connectivity index (χ0n) is 18.9. The Labute approximate surface area is 182 Å². The van der Waals surface area contributed by atoms with Crippen LogP contribution in [0.3, 0.4) is 0 Å². The van der Waals surface area contributed by atoms with Gasteiger partial charge in [0.05, 0.1) is 17.9 Å². The molecule has 0 bridgehead atoms. The number of hydrogen-bond acceptors (Lipinski definition) is 6. The van der Waals surface area contributed by atoms with Gasteiger partial charge in [0.2, 0.25) is 0 Å². The molecule has 1 aromatic carbocycles. The molecule has 3 atom stereocenters. The molecule has 0 amide bonds. The number of aliphatic carboxylic acids is 1. The molecule has 7 nitrogen and oxygen atoms in total. The Balaban J connectivity index is 2.41. The van der Waals surface area contributed by atoms with Crippen LogP contribution >= 0.6 is 0 Å². The van der Waals surface area contributed by atoms with Crippen molar-refractivity contribution in [2.24, 2.45) is 5.92 Å². The maximum absolute atomic E-state index is 13.3. The van der Waals surface area contributed by atoms with Crippen molar-refractivity contribution >= 4 is 23.8 Å². The number of benzene rings is 1. The Hall–Kier alpha value is -2.83. The molecule has 2 aliphatic rings. The summed E-state index contributed by atoms with van der Waals surface area (Å²) in [5, 5.41) is 9.57. The topological polar surface area (TPSA) is 99.1 Å². The maximum atomic E-state index is 13.3. The summed E-state index contributed by atoms with van der Waals surface area (Å²) in [6.45, 7) is 10.6. The second kappa shape index (κ2) is 8.36.